The van der Waals surface area contributed by atoms with E-state index in [0.29, 0.717) is 0 Å². The Morgan fingerprint density at radius 2 is 2.00 bits per heavy atom. The molecule has 1 N–H and O–H groups in total. The molecule has 0 amide bonds. The molecule has 1 atom stereocenters. The molecular weight excluding hydrogens is 216 g/mol. The van der Waals surface area contributed by atoms with Crippen LogP contribution in [0.5, 0.6) is 0 Å². The van der Waals surface area contributed by atoms with Crippen LogP contribution in [0.15, 0.2) is 41.8 Å². The molecule has 0 saturated heterocycles. The summed E-state index contributed by atoms with van der Waals surface area (Å²) < 4.78 is 0. The smallest absolute Gasteiger partial charge is 0.0987 e. The summed E-state index contributed by atoms with van der Waals surface area (Å²) in [5, 5.41) is 12.1. The van der Waals surface area contributed by atoms with Crippen molar-refractivity contribution in [2.45, 2.75) is 13.0 Å². The summed E-state index contributed by atoms with van der Waals surface area (Å²) in [4.78, 5) is 1.27. The summed E-state index contributed by atoms with van der Waals surface area (Å²) >= 11 is 1.73. The van der Waals surface area contributed by atoms with Gasteiger partial charge in [-0.1, -0.05) is 24.3 Å². The van der Waals surface area contributed by atoms with E-state index in [9.17, 15) is 5.11 Å². The lowest BCUT2D eigenvalue weighted by Crippen LogP contribution is -1.89. The quantitative estimate of drug-likeness (QED) is 0.791. The number of aliphatic hydroxyl groups excluding tert-OH is 1. The predicted molar refractivity (Wildman–Crippen MR) is 67.5 cm³/mol. The Kier molecular flexibility index (Phi) is 2.20. The summed E-state index contributed by atoms with van der Waals surface area (Å²) in [5.41, 5.74) is 4.64. The van der Waals surface area contributed by atoms with E-state index in [1.807, 2.05) is 24.3 Å². The van der Waals surface area contributed by atoms with Crippen molar-refractivity contribution in [2.75, 3.05) is 0 Å². The molecule has 0 saturated carbocycles. The average molecular weight is 228 g/mol. The van der Waals surface area contributed by atoms with Crippen molar-refractivity contribution >= 4 is 16.9 Å². The molecule has 2 heteroatoms. The topological polar surface area (TPSA) is 20.2 Å². The zero-order chi connectivity index (χ0) is 11.1. The Morgan fingerprint density at radius 1 is 1.19 bits per heavy atom. The van der Waals surface area contributed by atoms with Gasteiger partial charge in [-0.05, 0) is 46.7 Å². The van der Waals surface area contributed by atoms with E-state index < -0.39 is 6.10 Å². The summed E-state index contributed by atoms with van der Waals surface area (Å²) in [6.07, 6.45) is 1.50. The molecule has 0 radical (unpaired) electrons. The van der Waals surface area contributed by atoms with Gasteiger partial charge in [0.15, 0.2) is 0 Å². The van der Waals surface area contributed by atoms with Crippen molar-refractivity contribution in [2.24, 2.45) is 0 Å². The zero-order valence-electron chi connectivity index (χ0n) is 8.97. The van der Waals surface area contributed by atoms with Gasteiger partial charge in [-0.25, -0.2) is 0 Å². The first-order valence-corrected chi connectivity index (χ1v) is 6.19. The van der Waals surface area contributed by atoms with E-state index in [2.05, 4.69) is 24.4 Å². The molecule has 80 valence electrons. The molecule has 1 aromatic heterocycles. The van der Waals surface area contributed by atoms with Crippen LogP contribution in [0.1, 0.15) is 27.7 Å². The van der Waals surface area contributed by atoms with Crippen molar-refractivity contribution in [3.63, 3.8) is 0 Å². The number of rotatable bonds is 1. The van der Waals surface area contributed by atoms with Gasteiger partial charge in [-0.15, -0.1) is 11.3 Å². The Labute approximate surface area is 98.7 Å². The highest BCUT2D eigenvalue weighted by Gasteiger charge is 2.23. The Bertz CT molecular complexity index is 566. The molecular formula is C14H12OS. The largest absolute Gasteiger partial charge is 0.384 e. The number of thiophene rings is 1. The maximum Gasteiger partial charge on any atom is 0.0987 e. The van der Waals surface area contributed by atoms with Crippen LogP contribution in [0.4, 0.5) is 0 Å². The molecule has 1 aromatic carbocycles. The van der Waals surface area contributed by atoms with Gasteiger partial charge in [0.05, 0.1) is 6.10 Å². The summed E-state index contributed by atoms with van der Waals surface area (Å²) in [6, 6.07) is 10.2. The molecule has 2 aromatic rings. The minimum atomic E-state index is -0.451. The second-order valence-corrected chi connectivity index (χ2v) is 4.96. The number of hydrogen-bond acceptors (Lipinski definition) is 2. The molecule has 1 heterocycles. The van der Waals surface area contributed by atoms with E-state index in [4.69, 9.17) is 0 Å². The maximum absolute atomic E-state index is 9.97. The molecule has 16 heavy (non-hydrogen) atoms. The third-order valence-electron chi connectivity index (χ3n) is 3.00. The van der Waals surface area contributed by atoms with Crippen LogP contribution in [0.2, 0.25) is 0 Å². The molecule has 1 nitrogen and oxygen atoms in total. The lowest BCUT2D eigenvalue weighted by molar-refractivity contribution is 0.232. The summed E-state index contributed by atoms with van der Waals surface area (Å²) in [7, 11) is 0. The van der Waals surface area contributed by atoms with Crippen LogP contribution >= 0.6 is 11.3 Å². The van der Waals surface area contributed by atoms with Gasteiger partial charge in [0.2, 0.25) is 0 Å². The predicted octanol–water partition coefficient (Wildman–Crippen LogP) is 3.54. The Hall–Kier alpha value is -1.38. The first-order chi connectivity index (χ1) is 7.77. The van der Waals surface area contributed by atoms with Crippen LogP contribution in [0.3, 0.4) is 0 Å². The SMILES string of the molecule is Cc1ccsc1C1=CC(O)c2ccccc21. The van der Waals surface area contributed by atoms with E-state index in [-0.39, 0.29) is 0 Å². The first-order valence-electron chi connectivity index (χ1n) is 5.31. The first kappa shape index (κ1) is 9.82. The second kappa shape index (κ2) is 3.58. The number of benzene rings is 1. The monoisotopic (exact) mass is 228 g/mol. The van der Waals surface area contributed by atoms with Crippen LogP contribution in [-0.4, -0.2) is 5.11 Å². The third-order valence-corrected chi connectivity index (χ3v) is 4.05. The lowest BCUT2D eigenvalue weighted by Gasteiger charge is -2.05. The van der Waals surface area contributed by atoms with Gasteiger partial charge in [0.1, 0.15) is 0 Å². The van der Waals surface area contributed by atoms with Crippen LogP contribution < -0.4 is 0 Å². The highest BCUT2D eigenvalue weighted by molar-refractivity contribution is 7.11. The number of aryl methyl sites for hydroxylation is 1. The van der Waals surface area contributed by atoms with Gasteiger partial charge in [-0.2, -0.15) is 0 Å². The third kappa shape index (κ3) is 1.34. The van der Waals surface area contributed by atoms with E-state index in [1.54, 1.807) is 11.3 Å². The number of fused-ring (bicyclic) bond motifs is 1. The molecule has 1 unspecified atom stereocenters. The molecule has 0 bridgehead atoms. The molecule has 0 spiro atoms. The number of aliphatic hydroxyl groups is 1. The maximum atomic E-state index is 9.97. The minimum absolute atomic E-state index is 0.451. The fraction of sp³-hybridized carbons (Fsp3) is 0.143. The summed E-state index contributed by atoms with van der Waals surface area (Å²) in [6.45, 7) is 2.11. The normalized spacial score (nSPS) is 18.4. The van der Waals surface area contributed by atoms with E-state index in [0.717, 1.165) is 5.56 Å². The highest BCUT2D eigenvalue weighted by atomic mass is 32.1. The van der Waals surface area contributed by atoms with Gasteiger partial charge < -0.3 is 5.11 Å². The van der Waals surface area contributed by atoms with Crippen molar-refractivity contribution < 1.29 is 5.11 Å². The van der Waals surface area contributed by atoms with Crippen molar-refractivity contribution in [3.05, 3.63) is 63.4 Å². The molecule has 3 rings (SSSR count). The minimum Gasteiger partial charge on any atom is -0.384 e. The fourth-order valence-corrected chi connectivity index (χ4v) is 3.15. The van der Waals surface area contributed by atoms with Crippen molar-refractivity contribution in [1.82, 2.24) is 0 Å². The Morgan fingerprint density at radius 3 is 2.75 bits per heavy atom. The average Bonchev–Trinajstić information content (AvgIpc) is 2.84. The fourth-order valence-electron chi connectivity index (χ4n) is 2.18. The zero-order valence-corrected chi connectivity index (χ0v) is 9.79. The molecule has 1 aliphatic rings. The van der Waals surface area contributed by atoms with Gasteiger partial charge in [-0.3, -0.25) is 0 Å². The van der Waals surface area contributed by atoms with Gasteiger partial charge in [0.25, 0.3) is 0 Å². The van der Waals surface area contributed by atoms with Crippen molar-refractivity contribution in [3.8, 4) is 0 Å². The number of hydrogen-bond donors (Lipinski definition) is 1. The molecule has 0 fully saturated rings. The van der Waals surface area contributed by atoms with Gasteiger partial charge >= 0.3 is 0 Å². The van der Waals surface area contributed by atoms with Crippen molar-refractivity contribution in [1.29, 1.82) is 0 Å². The highest BCUT2D eigenvalue weighted by Crippen LogP contribution is 2.40. The van der Waals surface area contributed by atoms with Crippen LogP contribution in [0.25, 0.3) is 5.57 Å². The van der Waals surface area contributed by atoms with E-state index >= 15 is 0 Å². The standard InChI is InChI=1S/C14H12OS/c1-9-6-7-16-14(9)12-8-13(15)11-5-3-2-4-10(11)12/h2-8,13,15H,1H3. The lowest BCUT2D eigenvalue weighted by atomic mass is 10.0. The van der Waals surface area contributed by atoms with Gasteiger partial charge in [0, 0.05) is 4.88 Å². The Balaban J connectivity index is 2.19. The van der Waals surface area contributed by atoms with Crippen LogP contribution in [0, 0.1) is 6.92 Å². The van der Waals surface area contributed by atoms with Crippen LogP contribution in [-0.2, 0) is 0 Å². The summed E-state index contributed by atoms with van der Waals surface area (Å²) in [5.74, 6) is 0. The molecule has 0 aliphatic heterocycles. The second-order valence-electron chi connectivity index (χ2n) is 4.05. The molecule has 1 aliphatic carbocycles. The van der Waals surface area contributed by atoms with E-state index in [1.165, 1.54) is 21.6 Å².